The van der Waals surface area contributed by atoms with E-state index in [1.807, 2.05) is 0 Å². The lowest BCUT2D eigenvalue weighted by Gasteiger charge is -2.23. The van der Waals surface area contributed by atoms with Gasteiger partial charge in [-0.1, -0.05) is 6.08 Å². The van der Waals surface area contributed by atoms with Crippen molar-refractivity contribution in [3.05, 3.63) is 36.1 Å². The molecule has 2 atom stereocenters. The van der Waals surface area contributed by atoms with Crippen LogP contribution in [0.3, 0.4) is 0 Å². The normalized spacial score (nSPS) is 30.5. The molecule has 0 saturated carbocycles. The smallest absolute Gasteiger partial charge is 0.163 e. The number of ketones is 1. The van der Waals surface area contributed by atoms with E-state index in [-0.39, 0.29) is 11.7 Å². The Morgan fingerprint density at radius 3 is 3.07 bits per heavy atom. The Hall–Kier alpha value is -1.31. The molecule has 14 heavy (non-hydrogen) atoms. The van der Waals surface area contributed by atoms with Gasteiger partial charge < -0.3 is 4.74 Å². The van der Waals surface area contributed by atoms with Gasteiger partial charge in [-0.2, -0.15) is 0 Å². The lowest BCUT2D eigenvalue weighted by molar-refractivity contribution is -0.116. The number of fused-ring (bicyclic) bond motifs is 1. The highest BCUT2D eigenvalue weighted by Crippen LogP contribution is 2.41. The molecule has 0 aromatic rings. The fourth-order valence-electron chi connectivity index (χ4n) is 2.33. The van der Waals surface area contributed by atoms with E-state index >= 15 is 0 Å². The van der Waals surface area contributed by atoms with Gasteiger partial charge in [0.25, 0.3) is 0 Å². The van der Waals surface area contributed by atoms with E-state index in [1.54, 1.807) is 19.3 Å². The second-order valence-corrected chi connectivity index (χ2v) is 3.72. The Morgan fingerprint density at radius 1 is 1.64 bits per heavy atom. The average molecular weight is 190 g/mol. The quantitative estimate of drug-likeness (QED) is 0.624. The van der Waals surface area contributed by atoms with Crippen LogP contribution in [-0.4, -0.2) is 12.9 Å². The summed E-state index contributed by atoms with van der Waals surface area (Å²) in [7, 11) is 1.65. The third-order valence-corrected chi connectivity index (χ3v) is 3.03. The molecule has 0 aromatic carbocycles. The van der Waals surface area contributed by atoms with Gasteiger partial charge in [-0.15, -0.1) is 6.58 Å². The van der Waals surface area contributed by atoms with Crippen LogP contribution in [0.1, 0.15) is 12.8 Å². The summed E-state index contributed by atoms with van der Waals surface area (Å²) in [4.78, 5) is 11.6. The van der Waals surface area contributed by atoms with Gasteiger partial charge in [0, 0.05) is 17.4 Å². The molecule has 2 rings (SSSR count). The fraction of sp³-hybridized carbons (Fsp3) is 0.417. The van der Waals surface area contributed by atoms with Crippen LogP contribution < -0.4 is 0 Å². The summed E-state index contributed by atoms with van der Waals surface area (Å²) < 4.78 is 5.25. The number of carbonyl (C=O) groups is 1. The van der Waals surface area contributed by atoms with E-state index in [2.05, 4.69) is 12.7 Å². The van der Waals surface area contributed by atoms with Gasteiger partial charge in [-0.05, 0) is 25.0 Å². The van der Waals surface area contributed by atoms with Crippen LogP contribution >= 0.6 is 0 Å². The molecule has 74 valence electrons. The minimum atomic E-state index is -0.0242. The van der Waals surface area contributed by atoms with Gasteiger partial charge in [-0.25, -0.2) is 0 Å². The molecular formula is C12H14O2. The van der Waals surface area contributed by atoms with E-state index in [9.17, 15) is 4.79 Å². The summed E-state index contributed by atoms with van der Waals surface area (Å²) in [5, 5.41) is 0. The topological polar surface area (TPSA) is 26.3 Å². The Bertz CT molecular complexity index is 336. The van der Waals surface area contributed by atoms with Crippen LogP contribution in [0.15, 0.2) is 36.1 Å². The molecule has 0 bridgehead atoms. The van der Waals surface area contributed by atoms with E-state index in [4.69, 9.17) is 4.74 Å². The Kier molecular flexibility index (Phi) is 2.28. The van der Waals surface area contributed by atoms with Crippen molar-refractivity contribution in [3.8, 4) is 0 Å². The van der Waals surface area contributed by atoms with Crippen LogP contribution in [0, 0.1) is 11.8 Å². The second-order valence-electron chi connectivity index (χ2n) is 3.72. The maximum Gasteiger partial charge on any atom is 0.163 e. The predicted molar refractivity (Wildman–Crippen MR) is 54.6 cm³/mol. The fourth-order valence-corrected chi connectivity index (χ4v) is 2.33. The molecule has 0 heterocycles. The number of carbonyl (C=O) groups excluding carboxylic acids is 1. The maximum absolute atomic E-state index is 11.6. The third-order valence-electron chi connectivity index (χ3n) is 3.03. The standard InChI is InChI=1S/C12H14O2/c1-3-8-9-5-4-6-12(14-2)10(9)7-11(8)13/h3,6-9H,1,4-5H2,2H3/t8-,9-/m0/s1. The Labute approximate surface area is 83.9 Å². The number of rotatable bonds is 2. The molecule has 0 radical (unpaired) electrons. The second kappa shape index (κ2) is 3.45. The molecule has 0 amide bonds. The third kappa shape index (κ3) is 1.22. The van der Waals surface area contributed by atoms with Crippen molar-refractivity contribution < 1.29 is 9.53 Å². The lowest BCUT2D eigenvalue weighted by Crippen LogP contribution is -2.17. The molecule has 2 aliphatic carbocycles. The van der Waals surface area contributed by atoms with E-state index in [0.717, 1.165) is 24.2 Å². The van der Waals surface area contributed by atoms with E-state index in [1.165, 1.54) is 0 Å². The molecule has 0 N–H and O–H groups in total. The Balaban J connectivity index is 2.34. The number of methoxy groups -OCH3 is 1. The van der Waals surface area contributed by atoms with Gasteiger partial charge in [0.1, 0.15) is 5.76 Å². The zero-order chi connectivity index (χ0) is 10.1. The Morgan fingerprint density at radius 2 is 2.43 bits per heavy atom. The molecule has 0 unspecified atom stereocenters. The van der Waals surface area contributed by atoms with Gasteiger partial charge in [0.2, 0.25) is 0 Å². The van der Waals surface area contributed by atoms with Crippen molar-refractivity contribution >= 4 is 5.78 Å². The highest BCUT2D eigenvalue weighted by atomic mass is 16.5. The zero-order valence-electron chi connectivity index (χ0n) is 8.32. The van der Waals surface area contributed by atoms with Crippen LogP contribution in [0.25, 0.3) is 0 Å². The van der Waals surface area contributed by atoms with Gasteiger partial charge >= 0.3 is 0 Å². The molecule has 0 spiro atoms. The van der Waals surface area contributed by atoms with Crippen molar-refractivity contribution in [2.75, 3.05) is 7.11 Å². The number of hydrogen-bond donors (Lipinski definition) is 0. The predicted octanol–water partition coefficient (Wildman–Crippen LogP) is 2.24. The molecule has 0 aliphatic heterocycles. The molecule has 2 nitrogen and oxygen atoms in total. The first-order valence-electron chi connectivity index (χ1n) is 4.90. The molecule has 2 aliphatic rings. The van der Waals surface area contributed by atoms with Crippen LogP contribution in [0.2, 0.25) is 0 Å². The van der Waals surface area contributed by atoms with Crippen molar-refractivity contribution in [3.63, 3.8) is 0 Å². The van der Waals surface area contributed by atoms with Crippen molar-refractivity contribution in [1.82, 2.24) is 0 Å². The number of allylic oxidation sites excluding steroid dienone is 4. The van der Waals surface area contributed by atoms with Gasteiger partial charge in [0.05, 0.1) is 7.11 Å². The minimum Gasteiger partial charge on any atom is -0.497 e. The van der Waals surface area contributed by atoms with Gasteiger partial charge in [-0.3, -0.25) is 4.79 Å². The van der Waals surface area contributed by atoms with Crippen molar-refractivity contribution in [1.29, 1.82) is 0 Å². The maximum atomic E-state index is 11.6. The average Bonchev–Trinajstić information content (AvgIpc) is 2.52. The summed E-state index contributed by atoms with van der Waals surface area (Å²) in [5.74, 6) is 1.33. The highest BCUT2D eigenvalue weighted by molar-refractivity contribution is 5.97. The highest BCUT2D eigenvalue weighted by Gasteiger charge is 2.37. The summed E-state index contributed by atoms with van der Waals surface area (Å²) >= 11 is 0. The minimum absolute atomic E-state index is 0.0242. The lowest BCUT2D eigenvalue weighted by atomic mass is 9.83. The summed E-state index contributed by atoms with van der Waals surface area (Å²) in [6, 6.07) is 0. The summed E-state index contributed by atoms with van der Waals surface area (Å²) in [6.07, 6.45) is 7.55. The molecular weight excluding hydrogens is 176 g/mol. The molecule has 0 saturated heterocycles. The summed E-state index contributed by atoms with van der Waals surface area (Å²) in [5.41, 5.74) is 1.06. The zero-order valence-corrected chi connectivity index (χ0v) is 8.32. The summed E-state index contributed by atoms with van der Waals surface area (Å²) in [6.45, 7) is 3.72. The van der Waals surface area contributed by atoms with E-state index in [0.29, 0.717) is 5.92 Å². The van der Waals surface area contributed by atoms with E-state index < -0.39 is 0 Å². The van der Waals surface area contributed by atoms with Crippen molar-refractivity contribution in [2.45, 2.75) is 12.8 Å². The van der Waals surface area contributed by atoms with Crippen LogP contribution in [0.5, 0.6) is 0 Å². The monoisotopic (exact) mass is 190 g/mol. The number of hydrogen-bond acceptors (Lipinski definition) is 2. The largest absolute Gasteiger partial charge is 0.497 e. The first kappa shape index (κ1) is 9.25. The molecule has 0 aromatic heterocycles. The first-order valence-corrected chi connectivity index (χ1v) is 4.90. The van der Waals surface area contributed by atoms with Crippen LogP contribution in [-0.2, 0) is 9.53 Å². The van der Waals surface area contributed by atoms with Gasteiger partial charge in [0.15, 0.2) is 5.78 Å². The SMILES string of the molecule is C=C[C@@H]1C(=O)C=C2C(OC)=CCC[C@H]21. The molecule has 2 heteroatoms. The first-order chi connectivity index (χ1) is 6.77. The van der Waals surface area contributed by atoms with Crippen LogP contribution in [0.4, 0.5) is 0 Å². The number of ether oxygens (including phenoxy) is 1. The molecule has 0 fully saturated rings. The van der Waals surface area contributed by atoms with Crippen molar-refractivity contribution in [2.24, 2.45) is 11.8 Å².